The number of hydrogen-bond acceptors (Lipinski definition) is 12. The van der Waals surface area contributed by atoms with E-state index in [2.05, 4.69) is 0 Å². The summed E-state index contributed by atoms with van der Waals surface area (Å²) < 4.78 is 14.6. The van der Waals surface area contributed by atoms with Crippen molar-refractivity contribution in [3.63, 3.8) is 0 Å². The molecule has 16 nitrogen and oxygen atoms in total. The molecule has 8 atom stereocenters. The molecule has 16 heteroatoms. The predicted molar refractivity (Wildman–Crippen MR) is 112 cm³/mol. The van der Waals surface area contributed by atoms with Crippen LogP contribution in [0.3, 0.4) is 0 Å². The number of nitrogens with two attached hydrogens (primary N) is 2. The van der Waals surface area contributed by atoms with Gasteiger partial charge in [0.15, 0.2) is 0 Å². The summed E-state index contributed by atoms with van der Waals surface area (Å²) in [6.07, 6.45) is -8.39. The number of aromatic nitrogens is 4. The number of aliphatic hydroxyl groups is 6. The van der Waals surface area contributed by atoms with Gasteiger partial charge < -0.3 is 51.6 Å². The molecular weight excluding hydrogens is 472 g/mol. The van der Waals surface area contributed by atoms with Gasteiger partial charge in [-0.1, -0.05) is 0 Å². The molecule has 2 saturated heterocycles. The second kappa shape index (κ2) is 9.59. The Hall–Kier alpha value is -2.96. The molecule has 4 rings (SSSR count). The lowest BCUT2D eigenvalue weighted by atomic mass is 10.1. The van der Waals surface area contributed by atoms with E-state index in [9.17, 15) is 40.2 Å². The fraction of sp³-hybridized carbons (Fsp3) is 0.579. The summed E-state index contributed by atoms with van der Waals surface area (Å²) in [7, 11) is 0. The van der Waals surface area contributed by atoms with Crippen LogP contribution in [0.15, 0.2) is 34.1 Å². The van der Waals surface area contributed by atoms with Crippen LogP contribution in [-0.4, -0.2) is 89.6 Å². The summed E-state index contributed by atoms with van der Waals surface area (Å²) in [6, 6.07) is 2.61. The average Bonchev–Trinajstić information content (AvgIpc) is 3.28. The molecule has 35 heavy (non-hydrogen) atoms. The zero-order valence-corrected chi connectivity index (χ0v) is 18.3. The molecular formula is C19H28N6O10+2. The molecule has 10 N–H and O–H groups in total. The Labute approximate surface area is 196 Å². The van der Waals surface area contributed by atoms with Crippen LogP contribution >= 0.6 is 0 Å². The van der Waals surface area contributed by atoms with Gasteiger partial charge in [-0.2, -0.15) is 18.7 Å². The van der Waals surface area contributed by atoms with Crippen molar-refractivity contribution >= 4 is 11.6 Å². The lowest BCUT2D eigenvalue weighted by Crippen LogP contribution is -2.62. The van der Waals surface area contributed by atoms with Crippen LogP contribution in [-0.2, 0) is 16.1 Å². The van der Waals surface area contributed by atoms with E-state index >= 15 is 0 Å². The molecule has 192 valence electrons. The number of hydrogen-bond donors (Lipinski definition) is 8. The fourth-order valence-electron chi connectivity index (χ4n) is 4.15. The van der Waals surface area contributed by atoms with E-state index in [1.54, 1.807) is 0 Å². The first kappa shape index (κ1) is 25.1. The van der Waals surface area contributed by atoms with E-state index in [0.717, 1.165) is 18.3 Å². The highest BCUT2D eigenvalue weighted by Crippen LogP contribution is 2.25. The Bertz CT molecular complexity index is 1110. The van der Waals surface area contributed by atoms with Crippen LogP contribution in [0.2, 0.25) is 0 Å². The van der Waals surface area contributed by atoms with Crippen LogP contribution in [0.4, 0.5) is 11.6 Å². The van der Waals surface area contributed by atoms with Gasteiger partial charge in [-0.05, 0) is 0 Å². The average molecular weight is 500 g/mol. The van der Waals surface area contributed by atoms with Crippen LogP contribution in [0.1, 0.15) is 12.5 Å². The molecule has 0 amide bonds. The minimum atomic E-state index is -1.53. The third kappa shape index (κ3) is 4.19. The third-order valence-corrected chi connectivity index (χ3v) is 6.20. The maximum absolute atomic E-state index is 13.2. The zero-order valence-electron chi connectivity index (χ0n) is 18.3. The molecule has 0 radical (unpaired) electrons. The summed E-state index contributed by atoms with van der Waals surface area (Å²) in [4.78, 5) is 26.4. The van der Waals surface area contributed by atoms with Crippen molar-refractivity contribution in [2.75, 3.05) is 24.7 Å². The van der Waals surface area contributed by atoms with Crippen molar-refractivity contribution < 1.29 is 49.2 Å². The Morgan fingerprint density at radius 2 is 1.11 bits per heavy atom. The normalized spacial score (nSPS) is 32.9. The lowest BCUT2D eigenvalue weighted by molar-refractivity contribution is -0.782. The molecule has 2 aromatic heterocycles. The molecule has 2 aliphatic rings. The first-order chi connectivity index (χ1) is 16.6. The summed E-state index contributed by atoms with van der Waals surface area (Å²) in [5.74, 6) is -0.153. The molecule has 0 aliphatic carbocycles. The van der Waals surface area contributed by atoms with Gasteiger partial charge in [0.05, 0.1) is 13.2 Å². The van der Waals surface area contributed by atoms with Crippen LogP contribution < -0.4 is 32.0 Å². The molecule has 0 aromatic carbocycles. The van der Waals surface area contributed by atoms with E-state index in [1.165, 1.54) is 24.5 Å². The molecule has 0 saturated carbocycles. The fourth-order valence-corrected chi connectivity index (χ4v) is 4.15. The standard InChI is InChI=1S/C19H26N6O10/c20-10-1-3-22(16-14(30)12(28)8(5-26)34-16)18(32)24(10)7-25-11(21)2-4-23(19(25)33)17-15(31)13(29)9(6-27)35-17/h1-4,8-9,12-17,20-21,26-31H,5-7H2/p+2/t8-,9-,12-,13-,14-,15-,16-,17-/m1/s1. The van der Waals surface area contributed by atoms with Crippen LogP contribution in [0.5, 0.6) is 0 Å². The molecule has 4 heterocycles. The summed E-state index contributed by atoms with van der Waals surface area (Å²) in [5, 5.41) is 59.2. The molecule has 2 aromatic rings. The number of nitrogens with zero attached hydrogens (tertiary/aromatic N) is 4. The molecule has 0 spiro atoms. The lowest BCUT2D eigenvalue weighted by Gasteiger charge is -2.14. The first-order valence-corrected chi connectivity index (χ1v) is 10.7. The summed E-state index contributed by atoms with van der Waals surface area (Å²) in [5.41, 5.74) is 10.3. The highest BCUT2D eigenvalue weighted by Gasteiger charge is 2.48. The van der Waals surface area contributed by atoms with Gasteiger partial charge in [-0.25, -0.2) is 0 Å². The highest BCUT2D eigenvalue weighted by atomic mass is 16.6. The van der Waals surface area contributed by atoms with E-state index < -0.39 is 80.3 Å². The Kier molecular flexibility index (Phi) is 6.89. The van der Waals surface area contributed by atoms with E-state index in [1.807, 2.05) is 0 Å². The topological polar surface area (TPSA) is 244 Å². The number of anilines is 2. The maximum atomic E-state index is 13.2. The van der Waals surface area contributed by atoms with Gasteiger partial charge in [0, 0.05) is 12.1 Å². The highest BCUT2D eigenvalue weighted by molar-refractivity contribution is 5.27. The van der Waals surface area contributed by atoms with Crippen molar-refractivity contribution in [2.45, 2.75) is 55.7 Å². The van der Waals surface area contributed by atoms with Crippen molar-refractivity contribution in [3.05, 3.63) is 45.5 Å². The van der Waals surface area contributed by atoms with Gasteiger partial charge in [-0.15, -0.1) is 9.13 Å². The second-order valence-corrected chi connectivity index (χ2v) is 8.32. The number of rotatable bonds is 6. The summed E-state index contributed by atoms with van der Waals surface area (Å²) in [6.45, 7) is -1.68. The van der Waals surface area contributed by atoms with E-state index in [0.29, 0.717) is 0 Å². The minimum Gasteiger partial charge on any atom is -0.394 e. The molecule has 2 fully saturated rings. The minimum absolute atomic E-state index is 0.0763. The molecule has 0 bridgehead atoms. The first-order valence-electron chi connectivity index (χ1n) is 10.7. The van der Waals surface area contributed by atoms with Crippen molar-refractivity contribution in [1.82, 2.24) is 9.13 Å². The van der Waals surface area contributed by atoms with Crippen molar-refractivity contribution in [1.29, 1.82) is 0 Å². The Morgan fingerprint density at radius 3 is 1.43 bits per heavy atom. The predicted octanol–water partition coefficient (Wildman–Crippen LogP) is -6.52. The number of aliphatic hydroxyl groups excluding tert-OH is 6. The van der Waals surface area contributed by atoms with Crippen LogP contribution in [0.25, 0.3) is 0 Å². The zero-order chi connectivity index (χ0) is 25.6. The van der Waals surface area contributed by atoms with Crippen molar-refractivity contribution in [3.8, 4) is 0 Å². The monoisotopic (exact) mass is 500 g/mol. The van der Waals surface area contributed by atoms with Gasteiger partial charge in [0.25, 0.3) is 0 Å². The second-order valence-electron chi connectivity index (χ2n) is 8.32. The Morgan fingerprint density at radius 1 is 0.743 bits per heavy atom. The number of ether oxygens (including phenoxy) is 2. The number of nitrogen functional groups attached to an aromatic ring is 2. The molecule has 2 aliphatic heterocycles. The maximum Gasteiger partial charge on any atom is 0.505 e. The van der Waals surface area contributed by atoms with Crippen molar-refractivity contribution in [2.24, 2.45) is 0 Å². The summed E-state index contributed by atoms with van der Waals surface area (Å²) >= 11 is 0. The van der Waals surface area contributed by atoms with E-state index in [4.69, 9.17) is 20.9 Å². The van der Waals surface area contributed by atoms with Gasteiger partial charge >= 0.3 is 11.4 Å². The quantitative estimate of drug-likeness (QED) is 0.173. The van der Waals surface area contributed by atoms with E-state index in [-0.39, 0.29) is 11.6 Å². The molecule has 0 unspecified atom stereocenters. The van der Waals surface area contributed by atoms with Gasteiger partial charge in [0.2, 0.25) is 30.8 Å². The van der Waals surface area contributed by atoms with Crippen LogP contribution in [0, 0.1) is 0 Å². The Balaban J connectivity index is 1.71. The third-order valence-electron chi connectivity index (χ3n) is 6.20. The van der Waals surface area contributed by atoms with Gasteiger partial charge in [0.1, 0.15) is 49.0 Å². The SMILES string of the molecule is Nc1cc[n+]([C@@H]2O[C@H](CO)[C@@H](O)[C@H]2O)c(=O)n1Cn1c(N)cc[n+]([C@@H]2O[C@H](CO)[C@@H](O)[C@H]2O)c1=O. The van der Waals surface area contributed by atoms with Gasteiger partial charge in [-0.3, -0.25) is 0 Å². The smallest absolute Gasteiger partial charge is 0.394 e. The largest absolute Gasteiger partial charge is 0.505 e.